The fraction of sp³-hybridized carbons (Fsp3) is 0.440. The Bertz CT molecular complexity index is 924. The van der Waals surface area contributed by atoms with Gasteiger partial charge in [0.15, 0.2) is 0 Å². The molecule has 0 aromatic heterocycles. The smallest absolute Gasteiger partial charge is 0.314 e. The quantitative estimate of drug-likeness (QED) is 0.566. The van der Waals surface area contributed by atoms with Gasteiger partial charge in [0.05, 0.1) is 18.6 Å². The number of carbonyl (C=O) groups excluding carboxylic acids is 2. The van der Waals surface area contributed by atoms with Crippen molar-refractivity contribution in [3.63, 3.8) is 0 Å². The Balaban J connectivity index is 1.22. The average Bonchev–Trinajstić information content (AvgIpc) is 2.74. The lowest BCUT2D eigenvalue weighted by molar-refractivity contribution is -0.152. The minimum atomic E-state index is -0.245. The van der Waals surface area contributed by atoms with Crippen LogP contribution < -0.4 is 14.8 Å². The van der Waals surface area contributed by atoms with Gasteiger partial charge in [0.2, 0.25) is 0 Å². The van der Waals surface area contributed by atoms with Crippen LogP contribution >= 0.6 is 0 Å². The summed E-state index contributed by atoms with van der Waals surface area (Å²) >= 11 is 0. The van der Waals surface area contributed by atoms with Crippen LogP contribution in [0.5, 0.6) is 11.5 Å². The predicted molar refractivity (Wildman–Crippen MR) is 114 cm³/mol. The third kappa shape index (κ3) is 3.57. The van der Waals surface area contributed by atoms with Gasteiger partial charge < -0.3 is 14.8 Å². The van der Waals surface area contributed by atoms with Crippen LogP contribution in [0.4, 0.5) is 5.69 Å². The van der Waals surface area contributed by atoms with Crippen LogP contribution in [0.1, 0.15) is 42.5 Å². The zero-order valence-corrected chi connectivity index (χ0v) is 17.2. The van der Waals surface area contributed by atoms with Gasteiger partial charge in [0.25, 0.3) is 5.91 Å². The molecule has 0 unspecified atom stereocenters. The average molecular weight is 405 g/mol. The Morgan fingerprint density at radius 3 is 2.13 bits per heavy atom. The summed E-state index contributed by atoms with van der Waals surface area (Å²) in [5, 5.41) is 2.86. The van der Waals surface area contributed by atoms with Crippen molar-refractivity contribution >= 4 is 17.6 Å². The Labute approximate surface area is 176 Å². The summed E-state index contributed by atoms with van der Waals surface area (Å²) in [4.78, 5) is 25.4. The Morgan fingerprint density at radius 1 is 0.867 bits per heavy atom. The number of nitrogens with one attached hydrogen (secondary N) is 1. The number of amides is 1. The summed E-state index contributed by atoms with van der Waals surface area (Å²) in [6.45, 7) is 0. The molecule has 30 heavy (non-hydrogen) atoms. The van der Waals surface area contributed by atoms with E-state index in [1.54, 1.807) is 49.6 Å². The first-order valence-corrected chi connectivity index (χ1v) is 10.9. The standard InChI is InChI=1S/C25H27NO4/c1-29-22-5-3-2-4-21(22)24(27)26-19-6-8-20(9-7-19)30-25(28)23-17-11-15-10-16(13-17)14-18(23)12-15/h2-9,15-18,23H,10-14H2,1H3,(H,26,27). The van der Waals surface area contributed by atoms with Gasteiger partial charge in [-0.2, -0.15) is 0 Å². The number of benzene rings is 2. The third-order valence-electron chi connectivity index (χ3n) is 7.18. The zero-order valence-electron chi connectivity index (χ0n) is 17.2. The highest BCUT2D eigenvalue weighted by Gasteiger charge is 2.51. The van der Waals surface area contributed by atoms with Gasteiger partial charge in [-0.05, 0) is 92.2 Å². The molecule has 6 rings (SSSR count). The maximum Gasteiger partial charge on any atom is 0.314 e. The summed E-state index contributed by atoms with van der Waals surface area (Å²) in [5.74, 6) is 3.48. The molecule has 1 N–H and O–H groups in total. The van der Waals surface area contributed by atoms with E-state index in [2.05, 4.69) is 5.32 Å². The summed E-state index contributed by atoms with van der Waals surface area (Å²) in [7, 11) is 1.54. The van der Waals surface area contributed by atoms with E-state index in [1.807, 2.05) is 6.07 Å². The second-order valence-corrected chi connectivity index (χ2v) is 9.06. The van der Waals surface area contributed by atoms with Crippen LogP contribution in [0.25, 0.3) is 0 Å². The predicted octanol–water partition coefficient (Wildman–Crippen LogP) is 4.93. The number of para-hydroxylation sites is 1. The van der Waals surface area contributed by atoms with Crippen LogP contribution in [-0.2, 0) is 4.79 Å². The molecule has 0 saturated heterocycles. The van der Waals surface area contributed by atoms with E-state index < -0.39 is 0 Å². The SMILES string of the molecule is COc1ccccc1C(=O)Nc1ccc(OC(=O)C2C3CC4CC(C3)CC2C4)cc1. The van der Waals surface area contributed by atoms with E-state index in [1.165, 1.54) is 32.1 Å². The van der Waals surface area contributed by atoms with E-state index >= 15 is 0 Å². The van der Waals surface area contributed by atoms with Crippen LogP contribution in [0.2, 0.25) is 0 Å². The second kappa shape index (κ2) is 7.78. The van der Waals surface area contributed by atoms with Crippen molar-refractivity contribution in [3.05, 3.63) is 54.1 Å². The normalized spacial score (nSPS) is 28.8. The number of hydrogen-bond acceptors (Lipinski definition) is 4. The van der Waals surface area contributed by atoms with Gasteiger partial charge in [0, 0.05) is 5.69 Å². The lowest BCUT2D eigenvalue weighted by atomic mass is 9.52. The summed E-state index contributed by atoms with van der Waals surface area (Å²) < 4.78 is 11.0. The van der Waals surface area contributed by atoms with Crippen molar-refractivity contribution in [1.29, 1.82) is 0 Å². The molecule has 4 bridgehead atoms. The Hall–Kier alpha value is -2.82. The van der Waals surface area contributed by atoms with Gasteiger partial charge in [-0.25, -0.2) is 0 Å². The highest BCUT2D eigenvalue weighted by Crippen LogP contribution is 2.56. The maximum absolute atomic E-state index is 12.9. The number of hydrogen-bond donors (Lipinski definition) is 1. The first-order valence-electron chi connectivity index (χ1n) is 10.9. The van der Waals surface area contributed by atoms with E-state index in [0.717, 1.165) is 11.8 Å². The first-order chi connectivity index (χ1) is 14.6. The van der Waals surface area contributed by atoms with Crippen molar-refractivity contribution in [3.8, 4) is 11.5 Å². The topological polar surface area (TPSA) is 64.6 Å². The third-order valence-corrected chi connectivity index (χ3v) is 7.18. The number of anilines is 1. The van der Waals surface area contributed by atoms with Crippen LogP contribution in [0.15, 0.2) is 48.5 Å². The Morgan fingerprint density at radius 2 is 1.50 bits per heavy atom. The largest absolute Gasteiger partial charge is 0.496 e. The summed E-state index contributed by atoms with van der Waals surface area (Å²) in [6, 6.07) is 14.1. The fourth-order valence-corrected chi connectivity index (χ4v) is 6.13. The molecule has 156 valence electrons. The minimum Gasteiger partial charge on any atom is -0.496 e. The number of ether oxygens (including phenoxy) is 2. The molecule has 4 fully saturated rings. The van der Waals surface area contributed by atoms with Crippen molar-refractivity contribution in [2.24, 2.45) is 29.6 Å². The molecule has 2 aromatic carbocycles. The molecule has 4 aliphatic carbocycles. The van der Waals surface area contributed by atoms with Gasteiger partial charge in [0.1, 0.15) is 11.5 Å². The molecule has 0 aliphatic heterocycles. The second-order valence-electron chi connectivity index (χ2n) is 9.06. The molecular weight excluding hydrogens is 378 g/mol. The molecular formula is C25H27NO4. The van der Waals surface area contributed by atoms with Gasteiger partial charge in [-0.1, -0.05) is 12.1 Å². The number of carbonyl (C=O) groups is 2. The first kappa shape index (κ1) is 19.2. The fourth-order valence-electron chi connectivity index (χ4n) is 6.13. The van der Waals surface area contributed by atoms with E-state index in [9.17, 15) is 9.59 Å². The Kier molecular flexibility index (Phi) is 4.97. The molecule has 0 spiro atoms. The number of methoxy groups -OCH3 is 1. The molecule has 2 aromatic rings. The molecule has 4 saturated carbocycles. The van der Waals surface area contributed by atoms with Crippen molar-refractivity contribution in [2.75, 3.05) is 12.4 Å². The maximum atomic E-state index is 12.9. The van der Waals surface area contributed by atoms with Gasteiger partial charge in [-0.15, -0.1) is 0 Å². The zero-order chi connectivity index (χ0) is 20.7. The highest BCUT2D eigenvalue weighted by molar-refractivity contribution is 6.06. The molecule has 5 nitrogen and oxygen atoms in total. The number of esters is 1. The molecule has 0 radical (unpaired) electrons. The van der Waals surface area contributed by atoms with Gasteiger partial charge >= 0.3 is 5.97 Å². The van der Waals surface area contributed by atoms with Crippen LogP contribution in [-0.4, -0.2) is 19.0 Å². The van der Waals surface area contributed by atoms with Crippen molar-refractivity contribution < 1.29 is 19.1 Å². The van der Waals surface area contributed by atoms with E-state index in [0.29, 0.717) is 34.6 Å². The highest BCUT2D eigenvalue weighted by atomic mass is 16.5. The summed E-state index contributed by atoms with van der Waals surface area (Å²) in [5.41, 5.74) is 1.11. The van der Waals surface area contributed by atoms with Crippen molar-refractivity contribution in [1.82, 2.24) is 0 Å². The van der Waals surface area contributed by atoms with E-state index in [4.69, 9.17) is 9.47 Å². The molecule has 4 aliphatic rings. The number of rotatable bonds is 5. The summed E-state index contributed by atoms with van der Waals surface area (Å²) in [6.07, 6.45) is 6.15. The van der Waals surface area contributed by atoms with Crippen molar-refractivity contribution in [2.45, 2.75) is 32.1 Å². The lowest BCUT2D eigenvalue weighted by Crippen LogP contribution is -2.49. The van der Waals surface area contributed by atoms with Crippen LogP contribution in [0.3, 0.4) is 0 Å². The van der Waals surface area contributed by atoms with Gasteiger partial charge in [-0.3, -0.25) is 9.59 Å². The van der Waals surface area contributed by atoms with Crippen LogP contribution in [0, 0.1) is 29.6 Å². The molecule has 0 atom stereocenters. The molecule has 1 amide bonds. The molecule has 5 heteroatoms. The lowest BCUT2D eigenvalue weighted by Gasteiger charge is -2.53. The molecule has 0 heterocycles. The van der Waals surface area contributed by atoms with E-state index in [-0.39, 0.29) is 17.8 Å². The monoisotopic (exact) mass is 405 g/mol. The minimum absolute atomic E-state index is 0.0581.